The van der Waals surface area contributed by atoms with Gasteiger partial charge in [-0.05, 0) is 36.5 Å². The van der Waals surface area contributed by atoms with Gasteiger partial charge in [0.2, 0.25) is 0 Å². The van der Waals surface area contributed by atoms with Crippen LogP contribution in [0, 0.1) is 6.92 Å². The molecule has 0 amide bonds. The molecule has 0 aromatic heterocycles. The van der Waals surface area contributed by atoms with Crippen molar-refractivity contribution in [2.45, 2.75) is 25.8 Å². The molecule has 0 saturated heterocycles. The number of rotatable bonds is 1. The Morgan fingerprint density at radius 1 is 1.44 bits per heavy atom. The first-order valence-electron chi connectivity index (χ1n) is 5.87. The first-order valence-corrected chi connectivity index (χ1v) is 6.85. The molecule has 1 aliphatic carbocycles. The summed E-state index contributed by atoms with van der Waals surface area (Å²) >= 11 is 1.85. The highest BCUT2D eigenvalue weighted by molar-refractivity contribution is 8.14. The molecule has 84 valence electrons. The van der Waals surface area contributed by atoms with Crippen molar-refractivity contribution >= 4 is 16.9 Å². The van der Waals surface area contributed by atoms with Crippen LogP contribution in [0.25, 0.3) is 0 Å². The number of aliphatic imine (C=N–C) groups is 1. The average molecular weight is 232 g/mol. The van der Waals surface area contributed by atoms with Gasteiger partial charge in [0.15, 0.2) is 5.17 Å². The summed E-state index contributed by atoms with van der Waals surface area (Å²) in [5, 5.41) is 4.71. The standard InChI is InChI=1S/C13H16N2S/c1-9-3-2-4-11-10(9)5-6-12(11)15-13-14-7-8-16-13/h2-4,12H,5-8H2,1H3,(H,14,15)/t12-/m0/s1. The zero-order chi connectivity index (χ0) is 11.0. The van der Waals surface area contributed by atoms with Crippen molar-refractivity contribution in [3.8, 4) is 0 Å². The van der Waals surface area contributed by atoms with Gasteiger partial charge in [0.1, 0.15) is 0 Å². The lowest BCUT2D eigenvalue weighted by Gasteiger charge is -2.14. The monoisotopic (exact) mass is 232 g/mol. The Labute approximate surface area is 101 Å². The summed E-state index contributed by atoms with van der Waals surface area (Å²) in [5.41, 5.74) is 4.46. The van der Waals surface area contributed by atoms with E-state index in [0.717, 1.165) is 17.5 Å². The number of nitrogens with one attached hydrogen (secondary N) is 1. The molecule has 1 aromatic carbocycles. The molecule has 1 aliphatic heterocycles. The summed E-state index contributed by atoms with van der Waals surface area (Å²) in [6.45, 7) is 3.18. The van der Waals surface area contributed by atoms with Gasteiger partial charge >= 0.3 is 0 Å². The lowest BCUT2D eigenvalue weighted by atomic mass is 10.0. The summed E-state index contributed by atoms with van der Waals surface area (Å²) in [4.78, 5) is 4.46. The average Bonchev–Trinajstić information content (AvgIpc) is 2.90. The van der Waals surface area contributed by atoms with Crippen LogP contribution in [0.3, 0.4) is 0 Å². The second-order valence-corrected chi connectivity index (χ2v) is 5.50. The van der Waals surface area contributed by atoms with E-state index in [4.69, 9.17) is 0 Å². The van der Waals surface area contributed by atoms with Crippen molar-refractivity contribution in [3.63, 3.8) is 0 Å². The highest BCUT2D eigenvalue weighted by Gasteiger charge is 2.24. The van der Waals surface area contributed by atoms with E-state index in [1.54, 1.807) is 5.56 Å². The largest absolute Gasteiger partial charge is 0.358 e. The third kappa shape index (κ3) is 1.73. The molecular weight excluding hydrogens is 216 g/mol. The second-order valence-electron chi connectivity index (χ2n) is 4.41. The number of amidine groups is 1. The van der Waals surface area contributed by atoms with Gasteiger partial charge in [0.25, 0.3) is 0 Å². The minimum Gasteiger partial charge on any atom is -0.358 e. The number of fused-ring (bicyclic) bond motifs is 1. The highest BCUT2D eigenvalue weighted by Crippen LogP contribution is 2.33. The Morgan fingerprint density at radius 3 is 3.19 bits per heavy atom. The molecule has 0 fully saturated rings. The molecule has 0 spiro atoms. The molecule has 3 heteroatoms. The van der Waals surface area contributed by atoms with Crippen LogP contribution in [0.1, 0.15) is 29.2 Å². The van der Waals surface area contributed by atoms with Crippen molar-refractivity contribution in [2.24, 2.45) is 4.99 Å². The van der Waals surface area contributed by atoms with Crippen LogP contribution in [0.2, 0.25) is 0 Å². The highest BCUT2D eigenvalue weighted by atomic mass is 32.2. The summed E-state index contributed by atoms with van der Waals surface area (Å²) in [7, 11) is 0. The van der Waals surface area contributed by atoms with Gasteiger partial charge in [-0.2, -0.15) is 0 Å². The third-order valence-corrected chi connectivity index (χ3v) is 4.30. The third-order valence-electron chi connectivity index (χ3n) is 3.39. The van der Waals surface area contributed by atoms with Gasteiger partial charge in [0, 0.05) is 5.75 Å². The van der Waals surface area contributed by atoms with Gasteiger partial charge < -0.3 is 5.32 Å². The van der Waals surface area contributed by atoms with E-state index >= 15 is 0 Å². The molecule has 1 aromatic rings. The summed E-state index contributed by atoms with van der Waals surface area (Å²) < 4.78 is 0. The zero-order valence-electron chi connectivity index (χ0n) is 9.49. The molecule has 0 radical (unpaired) electrons. The normalized spacial score (nSPS) is 23.1. The van der Waals surface area contributed by atoms with Crippen LogP contribution in [0.4, 0.5) is 0 Å². The van der Waals surface area contributed by atoms with Gasteiger partial charge in [-0.25, -0.2) is 0 Å². The molecule has 16 heavy (non-hydrogen) atoms. The lowest BCUT2D eigenvalue weighted by molar-refractivity contribution is 0.644. The number of hydrogen-bond donors (Lipinski definition) is 1. The topological polar surface area (TPSA) is 24.4 Å². The summed E-state index contributed by atoms with van der Waals surface area (Å²) in [5.74, 6) is 1.13. The predicted molar refractivity (Wildman–Crippen MR) is 70.1 cm³/mol. The van der Waals surface area contributed by atoms with Gasteiger partial charge in [0.05, 0.1) is 12.6 Å². The molecule has 3 rings (SSSR count). The molecule has 2 nitrogen and oxygen atoms in total. The van der Waals surface area contributed by atoms with E-state index in [2.05, 4.69) is 35.4 Å². The molecule has 1 heterocycles. The Hall–Kier alpha value is -0.960. The minimum atomic E-state index is 0.485. The smallest absolute Gasteiger partial charge is 0.157 e. The van der Waals surface area contributed by atoms with Crippen molar-refractivity contribution < 1.29 is 0 Å². The number of aryl methyl sites for hydroxylation is 1. The van der Waals surface area contributed by atoms with E-state index in [1.165, 1.54) is 24.0 Å². The molecule has 0 saturated carbocycles. The minimum absolute atomic E-state index is 0.485. The van der Waals surface area contributed by atoms with E-state index in [9.17, 15) is 0 Å². The summed E-state index contributed by atoms with van der Waals surface area (Å²) in [6, 6.07) is 7.12. The van der Waals surface area contributed by atoms with Gasteiger partial charge in [-0.3, -0.25) is 4.99 Å². The van der Waals surface area contributed by atoms with E-state index in [0.29, 0.717) is 6.04 Å². The van der Waals surface area contributed by atoms with Gasteiger partial charge in [-0.15, -0.1) is 0 Å². The maximum absolute atomic E-state index is 4.46. The number of nitrogens with zero attached hydrogens (tertiary/aromatic N) is 1. The fourth-order valence-electron chi connectivity index (χ4n) is 2.56. The Balaban J connectivity index is 1.83. The summed E-state index contributed by atoms with van der Waals surface area (Å²) in [6.07, 6.45) is 2.41. The van der Waals surface area contributed by atoms with Crippen LogP contribution in [-0.4, -0.2) is 17.5 Å². The van der Waals surface area contributed by atoms with Crippen LogP contribution < -0.4 is 5.32 Å². The van der Waals surface area contributed by atoms with Crippen LogP contribution in [-0.2, 0) is 6.42 Å². The SMILES string of the molecule is Cc1cccc2c1CC[C@@H]2NC1=NCCS1. The van der Waals surface area contributed by atoms with E-state index in [-0.39, 0.29) is 0 Å². The Morgan fingerprint density at radius 2 is 2.38 bits per heavy atom. The van der Waals surface area contributed by atoms with Crippen molar-refractivity contribution in [3.05, 3.63) is 34.9 Å². The molecular formula is C13H16N2S. The molecule has 0 unspecified atom stereocenters. The van der Waals surface area contributed by atoms with Crippen LogP contribution >= 0.6 is 11.8 Å². The molecule has 2 aliphatic rings. The van der Waals surface area contributed by atoms with Crippen molar-refractivity contribution in [1.29, 1.82) is 0 Å². The Bertz CT molecular complexity index is 440. The quantitative estimate of drug-likeness (QED) is 0.805. The fraction of sp³-hybridized carbons (Fsp3) is 0.462. The second kappa shape index (κ2) is 4.13. The first kappa shape index (κ1) is 10.2. The van der Waals surface area contributed by atoms with Gasteiger partial charge in [-0.1, -0.05) is 30.0 Å². The zero-order valence-corrected chi connectivity index (χ0v) is 10.3. The Kier molecular flexibility index (Phi) is 2.64. The van der Waals surface area contributed by atoms with Crippen LogP contribution in [0.5, 0.6) is 0 Å². The fourth-order valence-corrected chi connectivity index (χ4v) is 3.34. The van der Waals surface area contributed by atoms with E-state index < -0.39 is 0 Å². The molecule has 0 bridgehead atoms. The van der Waals surface area contributed by atoms with Crippen molar-refractivity contribution in [1.82, 2.24) is 5.32 Å². The van der Waals surface area contributed by atoms with E-state index in [1.807, 2.05) is 11.8 Å². The maximum Gasteiger partial charge on any atom is 0.157 e. The number of hydrogen-bond acceptors (Lipinski definition) is 3. The molecule has 1 atom stereocenters. The molecule has 1 N–H and O–H groups in total. The van der Waals surface area contributed by atoms with Crippen molar-refractivity contribution in [2.75, 3.05) is 12.3 Å². The first-order chi connectivity index (χ1) is 7.84. The lowest BCUT2D eigenvalue weighted by Crippen LogP contribution is -2.23. The van der Waals surface area contributed by atoms with Crippen LogP contribution in [0.15, 0.2) is 23.2 Å². The number of thioether (sulfide) groups is 1. The number of benzene rings is 1. The maximum atomic E-state index is 4.46. The predicted octanol–water partition coefficient (Wildman–Crippen LogP) is 2.67.